The predicted octanol–water partition coefficient (Wildman–Crippen LogP) is 0.159. The van der Waals surface area contributed by atoms with E-state index in [1.165, 1.54) is 12.8 Å². The van der Waals surface area contributed by atoms with Gasteiger partial charge in [-0.1, -0.05) is 6.42 Å². The Morgan fingerprint density at radius 1 is 1.54 bits per heavy atom. The number of aliphatic hydroxyl groups excluding tert-OH is 1. The molecule has 1 rings (SSSR count). The third-order valence-electron chi connectivity index (χ3n) is 2.63. The quantitative estimate of drug-likeness (QED) is 0.431. The van der Waals surface area contributed by atoms with Crippen molar-refractivity contribution in [3.63, 3.8) is 0 Å². The van der Waals surface area contributed by atoms with Crippen molar-refractivity contribution < 1.29 is 5.11 Å². The second kappa shape index (κ2) is 5.19. The minimum atomic E-state index is 0.234. The Labute approximate surface area is 79.2 Å². The molecule has 0 aromatic rings. The largest absolute Gasteiger partial charge is 0.395 e. The van der Waals surface area contributed by atoms with Gasteiger partial charge in [0.1, 0.15) is 0 Å². The zero-order valence-electron chi connectivity index (χ0n) is 8.00. The molecule has 76 valence electrons. The Bertz CT molecular complexity index is 172. The van der Waals surface area contributed by atoms with E-state index in [1.807, 2.05) is 0 Å². The van der Waals surface area contributed by atoms with Gasteiger partial charge in [-0.2, -0.15) is 0 Å². The van der Waals surface area contributed by atoms with Crippen molar-refractivity contribution in [3.05, 3.63) is 0 Å². The van der Waals surface area contributed by atoms with Crippen molar-refractivity contribution in [2.24, 2.45) is 5.73 Å². The molecule has 1 fully saturated rings. The number of hydrogen-bond donors (Lipinski definition) is 3. The minimum Gasteiger partial charge on any atom is -0.395 e. The fourth-order valence-electron chi connectivity index (χ4n) is 1.83. The maximum absolute atomic E-state index is 9.10. The highest BCUT2D eigenvalue weighted by atomic mass is 16.3. The molecule has 0 aromatic carbocycles. The van der Waals surface area contributed by atoms with Crippen molar-refractivity contribution in [2.75, 3.05) is 19.7 Å². The van der Waals surface area contributed by atoms with Crippen molar-refractivity contribution in [2.45, 2.75) is 31.7 Å². The van der Waals surface area contributed by atoms with Crippen LogP contribution in [-0.4, -0.2) is 41.6 Å². The smallest absolute Gasteiger partial charge is 0.0918 e. The molecule has 1 atom stereocenters. The highest BCUT2D eigenvalue weighted by Crippen LogP contribution is 2.16. The van der Waals surface area contributed by atoms with Crippen LogP contribution in [0.5, 0.6) is 0 Å². The molecule has 1 aliphatic rings. The van der Waals surface area contributed by atoms with Crippen molar-refractivity contribution in [3.8, 4) is 0 Å². The molecular formula is C9H19N3O. The molecule has 0 saturated carbocycles. The summed E-state index contributed by atoms with van der Waals surface area (Å²) in [5, 5.41) is 16.2. The van der Waals surface area contributed by atoms with Gasteiger partial charge in [-0.05, 0) is 19.4 Å². The van der Waals surface area contributed by atoms with E-state index in [0.717, 1.165) is 19.5 Å². The van der Waals surface area contributed by atoms with Crippen LogP contribution in [0.3, 0.4) is 0 Å². The van der Waals surface area contributed by atoms with Gasteiger partial charge < -0.3 is 10.8 Å². The third-order valence-corrected chi connectivity index (χ3v) is 2.63. The maximum atomic E-state index is 9.10. The molecule has 4 N–H and O–H groups in total. The number of likely N-dealkylation sites (tertiary alicyclic amines) is 1. The molecule has 4 heteroatoms. The highest BCUT2D eigenvalue weighted by Gasteiger charge is 2.20. The molecule has 0 aromatic heterocycles. The van der Waals surface area contributed by atoms with Gasteiger partial charge >= 0.3 is 0 Å². The number of rotatable bonds is 4. The van der Waals surface area contributed by atoms with E-state index >= 15 is 0 Å². The molecule has 13 heavy (non-hydrogen) atoms. The van der Waals surface area contributed by atoms with Gasteiger partial charge in [0.2, 0.25) is 0 Å². The van der Waals surface area contributed by atoms with Gasteiger partial charge in [-0.3, -0.25) is 10.3 Å². The first-order valence-electron chi connectivity index (χ1n) is 4.92. The number of nitrogens with one attached hydrogen (secondary N) is 1. The number of nitrogens with zero attached hydrogens (tertiary/aromatic N) is 1. The zero-order chi connectivity index (χ0) is 9.68. The summed E-state index contributed by atoms with van der Waals surface area (Å²) in [7, 11) is 0. The van der Waals surface area contributed by atoms with Crippen LogP contribution in [0, 0.1) is 5.41 Å². The number of piperidine rings is 1. The molecule has 1 unspecified atom stereocenters. The molecule has 4 nitrogen and oxygen atoms in total. The molecule has 1 saturated heterocycles. The van der Waals surface area contributed by atoms with Gasteiger partial charge in [-0.25, -0.2) is 0 Å². The Morgan fingerprint density at radius 2 is 2.31 bits per heavy atom. The van der Waals surface area contributed by atoms with Gasteiger partial charge in [0.15, 0.2) is 0 Å². The summed E-state index contributed by atoms with van der Waals surface area (Å²) in [5.74, 6) is 0.238. The lowest BCUT2D eigenvalue weighted by Gasteiger charge is -2.34. The lowest BCUT2D eigenvalue weighted by Crippen LogP contribution is -2.43. The summed E-state index contributed by atoms with van der Waals surface area (Å²) in [6.45, 7) is 2.09. The van der Waals surface area contributed by atoms with Crippen LogP contribution in [-0.2, 0) is 0 Å². The van der Waals surface area contributed by atoms with E-state index in [2.05, 4.69) is 4.90 Å². The molecule has 0 bridgehead atoms. The van der Waals surface area contributed by atoms with E-state index < -0.39 is 0 Å². The molecule has 0 spiro atoms. The maximum Gasteiger partial charge on any atom is 0.0918 e. The third kappa shape index (κ3) is 3.32. The van der Waals surface area contributed by atoms with E-state index in [4.69, 9.17) is 16.2 Å². The molecule has 0 amide bonds. The second-order valence-corrected chi connectivity index (χ2v) is 3.64. The summed E-state index contributed by atoms with van der Waals surface area (Å²) in [4.78, 5) is 2.24. The number of amidine groups is 1. The van der Waals surface area contributed by atoms with Gasteiger partial charge in [0.05, 0.1) is 12.4 Å². The monoisotopic (exact) mass is 185 g/mol. The van der Waals surface area contributed by atoms with Crippen molar-refractivity contribution in [1.82, 2.24) is 4.90 Å². The Morgan fingerprint density at radius 3 is 2.92 bits per heavy atom. The number of aliphatic hydroxyl groups is 1. The van der Waals surface area contributed by atoms with Crippen LogP contribution in [0.15, 0.2) is 0 Å². The van der Waals surface area contributed by atoms with E-state index in [9.17, 15) is 0 Å². The first-order chi connectivity index (χ1) is 6.24. The standard InChI is InChI=1S/C9H19N3O/c10-9(11)4-6-12-5-2-1-3-8(12)7-13/h8,13H,1-7H2,(H3,10,11). The number of hydrogen-bond acceptors (Lipinski definition) is 3. The summed E-state index contributed by atoms with van der Waals surface area (Å²) < 4.78 is 0. The van der Waals surface area contributed by atoms with E-state index in [1.54, 1.807) is 0 Å². The molecular weight excluding hydrogens is 166 g/mol. The summed E-state index contributed by atoms with van der Waals surface area (Å²) in [6.07, 6.45) is 4.11. The first kappa shape index (κ1) is 10.5. The van der Waals surface area contributed by atoms with Crippen LogP contribution < -0.4 is 5.73 Å². The fourth-order valence-corrected chi connectivity index (χ4v) is 1.83. The average molecular weight is 185 g/mol. The predicted molar refractivity (Wildman–Crippen MR) is 52.8 cm³/mol. The average Bonchev–Trinajstić information content (AvgIpc) is 2.15. The van der Waals surface area contributed by atoms with Gasteiger partial charge in [0, 0.05) is 19.0 Å². The Balaban J connectivity index is 2.31. The van der Waals surface area contributed by atoms with Crippen LogP contribution >= 0.6 is 0 Å². The SMILES string of the molecule is N=C(N)CCN1CCCCC1CO. The Kier molecular flexibility index (Phi) is 4.18. The van der Waals surface area contributed by atoms with Crippen molar-refractivity contribution in [1.29, 1.82) is 5.41 Å². The minimum absolute atomic E-state index is 0.234. The van der Waals surface area contributed by atoms with Crippen LogP contribution in [0.25, 0.3) is 0 Å². The molecule has 1 heterocycles. The zero-order valence-corrected chi connectivity index (χ0v) is 8.00. The van der Waals surface area contributed by atoms with Gasteiger partial charge in [-0.15, -0.1) is 0 Å². The first-order valence-corrected chi connectivity index (χ1v) is 4.92. The normalized spacial score (nSPS) is 24.5. The summed E-state index contributed by atoms with van der Waals surface area (Å²) in [5.41, 5.74) is 5.29. The lowest BCUT2D eigenvalue weighted by atomic mass is 10.0. The molecule has 0 aliphatic carbocycles. The number of nitrogens with two attached hydrogens (primary N) is 1. The fraction of sp³-hybridized carbons (Fsp3) is 0.889. The molecule has 0 radical (unpaired) electrons. The van der Waals surface area contributed by atoms with Crippen LogP contribution in [0.1, 0.15) is 25.7 Å². The van der Waals surface area contributed by atoms with E-state index in [-0.39, 0.29) is 12.4 Å². The topological polar surface area (TPSA) is 73.3 Å². The van der Waals surface area contributed by atoms with Gasteiger partial charge in [0.25, 0.3) is 0 Å². The summed E-state index contributed by atoms with van der Waals surface area (Å²) >= 11 is 0. The van der Waals surface area contributed by atoms with E-state index in [0.29, 0.717) is 12.5 Å². The Hall–Kier alpha value is -0.610. The second-order valence-electron chi connectivity index (χ2n) is 3.64. The highest BCUT2D eigenvalue weighted by molar-refractivity contribution is 5.76. The molecule has 1 aliphatic heterocycles. The summed E-state index contributed by atoms with van der Waals surface area (Å²) in [6, 6.07) is 0.299. The van der Waals surface area contributed by atoms with Crippen molar-refractivity contribution >= 4 is 5.84 Å². The lowest BCUT2D eigenvalue weighted by molar-refractivity contribution is 0.0927. The van der Waals surface area contributed by atoms with Crippen LogP contribution in [0.4, 0.5) is 0 Å². The van der Waals surface area contributed by atoms with Crippen LogP contribution in [0.2, 0.25) is 0 Å².